The first-order chi connectivity index (χ1) is 62.9. The number of carboxylic acid groups (broad SMARTS) is 1. The lowest BCUT2D eigenvalue weighted by atomic mass is 9.98. The number of carboxylic acids is 1. The highest BCUT2D eigenvalue weighted by Gasteiger charge is 2.42. The SMILES string of the molecule is CCCC[C@H]1C(=O)N(C)CC(=O)N[C@@H](CC(=O)O)C(=O)N[C@@H](C(C)C)C(=O)N(C)[C@@H](Cc2ccccc2)C(=O)N[C@@H](Cc2ccc(O)cc2)C(=O)N(C)CC(=O)N[C@@H](Cc2c[nH]c3ccccc23)C(=O)N[C@@H](Cc2ccc(OC)c(OC)c2)C(=O)N[C@@H](CC(C)C)C(=O)N[C@H](C(=O)NCC(N)=O)CSCC(=O)N[C@@H](Cc2ccccc2)C(=O)N(C)[C@@H](Cc2ccccc2)C(=O)N1C. The number of phenolic OH excluding ortho intramolecular Hbond substituents is 1. The van der Waals surface area contributed by atoms with Crippen molar-refractivity contribution >= 4 is 117 Å². The number of primary amides is 1. The van der Waals surface area contributed by atoms with Crippen LogP contribution in [-0.2, 0) is 115 Å². The summed E-state index contributed by atoms with van der Waals surface area (Å²) in [5, 5.41) is 45.4. The van der Waals surface area contributed by atoms with Gasteiger partial charge < -0.3 is 103 Å². The zero-order valence-electron chi connectivity index (χ0n) is 76.4. The third kappa shape index (κ3) is 30.6. The number of para-hydroxylation sites is 1. The van der Waals surface area contributed by atoms with Crippen molar-refractivity contribution in [3.05, 3.63) is 197 Å². The number of unbranched alkanes of at least 4 members (excludes halogenated alkanes) is 1. The minimum atomic E-state index is -1.91. The highest BCUT2D eigenvalue weighted by molar-refractivity contribution is 8.00. The van der Waals surface area contributed by atoms with Crippen LogP contribution in [0.2, 0.25) is 0 Å². The Hall–Kier alpha value is -13.9. The number of carbonyl (C=O) groups is 16. The lowest BCUT2D eigenvalue weighted by Gasteiger charge is -2.37. The van der Waals surface area contributed by atoms with Crippen LogP contribution in [0.3, 0.4) is 0 Å². The first kappa shape index (κ1) is 104. The average Bonchev–Trinajstić information content (AvgIpc) is 1.70. The lowest BCUT2D eigenvalue weighted by Crippen LogP contribution is -2.61. The normalized spacial score (nSPS) is 21.6. The van der Waals surface area contributed by atoms with Crippen molar-refractivity contribution in [3.63, 3.8) is 0 Å². The summed E-state index contributed by atoms with van der Waals surface area (Å²) < 4.78 is 11.2. The van der Waals surface area contributed by atoms with Gasteiger partial charge in [0, 0.05) is 96.6 Å². The maximum absolute atomic E-state index is 15.6. The van der Waals surface area contributed by atoms with Gasteiger partial charge in [0.1, 0.15) is 72.2 Å². The summed E-state index contributed by atoms with van der Waals surface area (Å²) in [7, 11) is 9.35. The van der Waals surface area contributed by atoms with Crippen molar-refractivity contribution < 1.29 is 96.4 Å². The molecule has 0 bridgehead atoms. The average molecular weight is 1840 g/mol. The van der Waals surface area contributed by atoms with Crippen LogP contribution < -0.4 is 63.1 Å². The Bertz CT molecular complexity index is 5180. The number of carbonyl (C=O) groups excluding carboxylic acids is 15. The fourth-order valence-electron chi connectivity index (χ4n) is 15.3. The number of nitrogens with one attached hydrogen (secondary N) is 10. The molecule has 37 heteroatoms. The number of amides is 15. The molecule has 8 rings (SSSR count). The number of hydrogen-bond donors (Lipinski definition) is 13. The molecule has 1 aliphatic heterocycles. The van der Waals surface area contributed by atoms with Crippen molar-refractivity contribution in [2.45, 2.75) is 172 Å². The summed E-state index contributed by atoms with van der Waals surface area (Å²) in [6, 6.07) is 26.3. The molecule has 0 saturated carbocycles. The number of hydrogen-bond acceptors (Lipinski definition) is 20. The number of aromatic nitrogens is 1. The van der Waals surface area contributed by atoms with E-state index in [-0.39, 0.29) is 74.5 Å². The van der Waals surface area contributed by atoms with Crippen molar-refractivity contribution in [3.8, 4) is 17.2 Å². The second kappa shape index (κ2) is 50.3. The van der Waals surface area contributed by atoms with Gasteiger partial charge in [-0.05, 0) is 88.4 Å². The van der Waals surface area contributed by atoms with E-state index in [2.05, 4.69) is 52.8 Å². The van der Waals surface area contributed by atoms with E-state index in [1.165, 1.54) is 83.5 Å². The Morgan fingerprint density at radius 2 is 0.962 bits per heavy atom. The molecule has 1 aliphatic rings. The Kier molecular flexibility index (Phi) is 39.5. The number of nitrogens with two attached hydrogens (primary N) is 1. The second-order valence-electron chi connectivity index (χ2n) is 33.6. The zero-order chi connectivity index (χ0) is 96.6. The summed E-state index contributed by atoms with van der Waals surface area (Å²) in [6.45, 7) is 6.19. The molecular weight excluding hydrogens is 1720 g/mol. The molecule has 1 fully saturated rings. The topological polar surface area (TPSA) is 498 Å². The Labute approximate surface area is 771 Å². The number of nitrogens with zero attached hydrogens (tertiary/aromatic N) is 5. The standard InChI is InChI=1S/C95H122N16O20S/c1-13-14-34-74-93(127)108(7)53-81(115)100-70(49-83(117)118)89(123)106-84(57(4)5)95(129)110(9)75(45-59-28-20-16-21-29-59)90(124)104-71(43-61-35-38-64(112)39-36-61)91(125)107(6)52-80(114)99-69(48-63-50-97-66-33-25-24-32-65(63)66)88(122)103-68(44-62-37-40-77(130-11)78(47-62)131-12)87(121)102-67(41-56(2)3)86(120)105-73(85(119)98-51-79(96)113)54-132-55-82(116)101-72(42-58-26-18-15-19-27-58)92(126)111(10)76(94(128)109(74)8)46-60-30-22-17-23-31-60/h15-33,35-40,47,50,56-57,67-76,84,97,112H,13-14,34,41-46,48-49,51-55H2,1-12H3,(H2,96,113)(H,98,119)(H,99,114)(H,100,115)(H,101,116)(H,102,121)(H,103,122)(H,104,124)(H,105,120)(H,106,123)(H,117,118)/t67-,68-,69-,70-,71-,72-,73-,74-,75-,76-,84-/m0/s1. The molecule has 132 heavy (non-hydrogen) atoms. The van der Waals surface area contributed by atoms with E-state index in [4.69, 9.17) is 15.2 Å². The van der Waals surface area contributed by atoms with Gasteiger partial charge in [-0.3, -0.25) is 76.7 Å². The highest BCUT2D eigenvalue weighted by atomic mass is 32.2. The van der Waals surface area contributed by atoms with Crippen LogP contribution in [0.15, 0.2) is 164 Å². The predicted octanol–water partition coefficient (Wildman–Crippen LogP) is 2.64. The van der Waals surface area contributed by atoms with Gasteiger partial charge in [0.25, 0.3) is 0 Å². The van der Waals surface area contributed by atoms with Crippen LogP contribution in [0.4, 0.5) is 0 Å². The minimum absolute atomic E-state index is 0.0296. The molecular formula is C95H122N16O20S. The zero-order valence-corrected chi connectivity index (χ0v) is 77.2. The summed E-state index contributed by atoms with van der Waals surface area (Å²) in [5.74, 6) is -16.8. The van der Waals surface area contributed by atoms with E-state index >= 15 is 43.2 Å². The van der Waals surface area contributed by atoms with E-state index in [0.717, 1.165) is 26.5 Å². The van der Waals surface area contributed by atoms with E-state index in [1.807, 2.05) is 6.92 Å². The maximum Gasteiger partial charge on any atom is 0.305 e. The molecule has 1 saturated heterocycles. The first-order valence-corrected chi connectivity index (χ1v) is 44.7. The summed E-state index contributed by atoms with van der Waals surface area (Å²) in [4.78, 5) is 244. The monoisotopic (exact) mass is 1840 g/mol. The predicted molar refractivity (Wildman–Crippen MR) is 493 cm³/mol. The number of ether oxygens (including phenoxy) is 2. The molecule has 0 spiro atoms. The third-order valence-corrected chi connectivity index (χ3v) is 23.6. The molecule has 36 nitrogen and oxygen atoms in total. The van der Waals surface area contributed by atoms with Gasteiger partial charge in [0.05, 0.1) is 46.0 Å². The number of fused-ring (bicyclic) bond motifs is 1. The van der Waals surface area contributed by atoms with E-state index in [0.29, 0.717) is 62.9 Å². The molecule has 0 radical (unpaired) electrons. The second-order valence-corrected chi connectivity index (χ2v) is 34.6. The fourth-order valence-corrected chi connectivity index (χ4v) is 16.2. The van der Waals surface area contributed by atoms with E-state index < -0.39 is 199 Å². The van der Waals surface area contributed by atoms with E-state index in [1.54, 1.807) is 167 Å². The summed E-state index contributed by atoms with van der Waals surface area (Å²) >= 11 is 0.832. The maximum atomic E-state index is 15.6. The van der Waals surface area contributed by atoms with Crippen molar-refractivity contribution in [2.75, 3.05) is 80.6 Å². The lowest BCUT2D eigenvalue weighted by molar-refractivity contribution is -0.151. The number of H-pyrrole nitrogens is 1. The van der Waals surface area contributed by atoms with Crippen LogP contribution in [-0.4, -0.2) is 281 Å². The van der Waals surface area contributed by atoms with Gasteiger partial charge in [0.15, 0.2) is 11.5 Å². The molecule has 708 valence electrons. The van der Waals surface area contributed by atoms with Crippen LogP contribution in [0.1, 0.15) is 100 Å². The molecule has 14 N–H and O–H groups in total. The number of rotatable bonds is 25. The molecule has 0 unspecified atom stereocenters. The molecule has 2 heterocycles. The third-order valence-electron chi connectivity index (χ3n) is 22.6. The largest absolute Gasteiger partial charge is 0.508 e. The molecule has 1 aromatic heterocycles. The molecule has 6 aromatic carbocycles. The number of aromatic amines is 1. The number of phenols is 1. The summed E-state index contributed by atoms with van der Waals surface area (Å²) in [6.07, 6.45) is 0.0761. The van der Waals surface area contributed by atoms with Crippen molar-refractivity contribution in [1.29, 1.82) is 0 Å². The molecule has 0 aliphatic carbocycles. The minimum Gasteiger partial charge on any atom is -0.508 e. The van der Waals surface area contributed by atoms with Gasteiger partial charge in [-0.15, -0.1) is 11.8 Å². The van der Waals surface area contributed by atoms with Crippen LogP contribution in [0.5, 0.6) is 17.2 Å². The van der Waals surface area contributed by atoms with Crippen molar-refractivity contribution in [2.24, 2.45) is 17.6 Å². The first-order valence-electron chi connectivity index (χ1n) is 43.6. The van der Waals surface area contributed by atoms with E-state index in [9.17, 15) is 43.8 Å². The van der Waals surface area contributed by atoms with Crippen molar-refractivity contribution in [1.82, 2.24) is 77.3 Å². The van der Waals surface area contributed by atoms with Gasteiger partial charge in [-0.1, -0.05) is 175 Å². The fraction of sp³-hybridized carbons (Fsp3) is 0.432. The van der Waals surface area contributed by atoms with Gasteiger partial charge >= 0.3 is 5.97 Å². The number of methoxy groups -OCH3 is 2. The Balaban J connectivity index is 1.23. The smallest absolute Gasteiger partial charge is 0.305 e. The number of aliphatic carboxylic acids is 1. The number of benzene rings is 6. The van der Waals surface area contributed by atoms with Crippen LogP contribution in [0, 0.1) is 11.8 Å². The highest BCUT2D eigenvalue weighted by Crippen LogP contribution is 2.30. The number of thioether (sulfide) groups is 1. The quantitative estimate of drug-likeness (QED) is 0.0391. The molecule has 11 atom stereocenters. The van der Waals surface area contributed by atoms with Crippen LogP contribution >= 0.6 is 11.8 Å². The Morgan fingerprint density at radius 3 is 1.53 bits per heavy atom. The molecule has 7 aromatic rings. The summed E-state index contributed by atoms with van der Waals surface area (Å²) in [5.41, 5.74) is 9.14. The van der Waals surface area contributed by atoms with Gasteiger partial charge in [-0.2, -0.15) is 0 Å². The molecule has 15 amide bonds. The van der Waals surface area contributed by atoms with Crippen LogP contribution in [0.25, 0.3) is 10.9 Å². The number of likely N-dealkylation sites (N-methyl/N-ethyl adjacent to an activating group) is 5. The Morgan fingerprint density at radius 1 is 0.485 bits per heavy atom. The number of aromatic hydroxyl groups is 1. The van der Waals surface area contributed by atoms with Gasteiger partial charge in [0.2, 0.25) is 88.6 Å². The van der Waals surface area contributed by atoms with Gasteiger partial charge in [-0.25, -0.2) is 0 Å².